The van der Waals surface area contributed by atoms with Gasteiger partial charge in [-0.2, -0.15) is 0 Å². The number of para-hydroxylation sites is 1. The number of hydrogen-bond acceptors (Lipinski definition) is 5. The van der Waals surface area contributed by atoms with Crippen LogP contribution in [0.25, 0.3) is 10.9 Å². The van der Waals surface area contributed by atoms with Gasteiger partial charge < -0.3 is 4.90 Å². The third kappa shape index (κ3) is 5.50. The zero-order valence-corrected chi connectivity index (χ0v) is 22.2. The van der Waals surface area contributed by atoms with Crippen molar-refractivity contribution in [2.75, 3.05) is 24.4 Å². The number of carbonyl (C=O) groups excluding carboxylic acids is 1. The van der Waals surface area contributed by atoms with Gasteiger partial charge in [-0.15, -0.1) is 0 Å². The van der Waals surface area contributed by atoms with Gasteiger partial charge in [0.2, 0.25) is 0 Å². The van der Waals surface area contributed by atoms with Crippen LogP contribution in [0.3, 0.4) is 0 Å². The molecule has 1 aliphatic rings. The number of hydrogen-bond donors (Lipinski definition) is 1. The van der Waals surface area contributed by atoms with Crippen LogP contribution in [0.1, 0.15) is 22.8 Å². The van der Waals surface area contributed by atoms with Crippen LogP contribution < -0.4 is 4.72 Å². The largest absolute Gasteiger partial charge is 0.333 e. The highest BCUT2D eigenvalue weighted by Crippen LogP contribution is 2.28. The number of amides is 1. The van der Waals surface area contributed by atoms with E-state index in [0.717, 1.165) is 5.56 Å². The van der Waals surface area contributed by atoms with E-state index in [-0.39, 0.29) is 33.4 Å². The molecule has 2 heterocycles. The van der Waals surface area contributed by atoms with Gasteiger partial charge in [-0.1, -0.05) is 41.9 Å². The molecule has 0 saturated carbocycles. The first-order valence-corrected chi connectivity index (χ1v) is 14.0. The molecule has 3 aromatic carbocycles. The van der Waals surface area contributed by atoms with Gasteiger partial charge >= 0.3 is 0 Å². The SMILES string of the molecule is C[C@H]1CN(Cc2ccc(F)cc2)CCN1C(=O)c1ccc(NS(=O)(=O)c2cccc3cccnc23)cc1Cl. The predicted molar refractivity (Wildman–Crippen MR) is 146 cm³/mol. The summed E-state index contributed by atoms with van der Waals surface area (Å²) in [7, 11) is -3.95. The van der Waals surface area contributed by atoms with Gasteiger partial charge in [-0.25, -0.2) is 12.8 Å². The summed E-state index contributed by atoms with van der Waals surface area (Å²) in [5.74, 6) is -0.476. The number of anilines is 1. The first-order chi connectivity index (χ1) is 18.2. The molecule has 0 radical (unpaired) electrons. The molecule has 5 rings (SSSR count). The highest BCUT2D eigenvalue weighted by molar-refractivity contribution is 7.93. The summed E-state index contributed by atoms with van der Waals surface area (Å²) in [4.78, 5) is 21.6. The molecule has 1 amide bonds. The predicted octanol–water partition coefficient (Wildman–Crippen LogP) is 5.17. The minimum atomic E-state index is -3.95. The fourth-order valence-corrected chi connectivity index (χ4v) is 6.23. The Morgan fingerprint density at radius 1 is 1.08 bits per heavy atom. The van der Waals surface area contributed by atoms with Crippen molar-refractivity contribution in [2.24, 2.45) is 0 Å². The van der Waals surface area contributed by atoms with E-state index < -0.39 is 10.0 Å². The van der Waals surface area contributed by atoms with E-state index >= 15 is 0 Å². The maximum absolute atomic E-state index is 13.3. The number of aromatic nitrogens is 1. The summed E-state index contributed by atoms with van der Waals surface area (Å²) >= 11 is 6.47. The molecule has 1 N–H and O–H groups in total. The molecule has 10 heteroatoms. The summed E-state index contributed by atoms with van der Waals surface area (Å²) < 4.78 is 42.0. The summed E-state index contributed by atoms with van der Waals surface area (Å²) in [5.41, 5.74) is 1.93. The Hall–Kier alpha value is -3.53. The molecule has 196 valence electrons. The fraction of sp³-hybridized carbons (Fsp3) is 0.214. The number of benzene rings is 3. The highest BCUT2D eigenvalue weighted by atomic mass is 35.5. The summed E-state index contributed by atoms with van der Waals surface area (Å²) in [6, 6.07) is 19.4. The van der Waals surface area contributed by atoms with Gasteiger partial charge in [0.05, 0.1) is 21.8 Å². The second kappa shape index (κ2) is 10.7. The van der Waals surface area contributed by atoms with Gasteiger partial charge in [0.15, 0.2) is 0 Å². The number of sulfonamides is 1. The number of carbonyl (C=O) groups is 1. The molecule has 1 atom stereocenters. The Labute approximate surface area is 225 Å². The average molecular weight is 553 g/mol. The molecule has 7 nitrogen and oxygen atoms in total. The lowest BCUT2D eigenvalue weighted by Gasteiger charge is -2.40. The molecule has 1 aromatic heterocycles. The van der Waals surface area contributed by atoms with Gasteiger partial charge in [0, 0.05) is 43.8 Å². The van der Waals surface area contributed by atoms with E-state index in [1.807, 2.05) is 6.92 Å². The summed E-state index contributed by atoms with van der Waals surface area (Å²) in [5, 5.41) is 0.869. The Morgan fingerprint density at radius 2 is 1.84 bits per heavy atom. The number of rotatable bonds is 6. The molecular weight excluding hydrogens is 527 g/mol. The normalized spacial score (nSPS) is 16.5. The van der Waals surface area contributed by atoms with Crippen LogP contribution in [0.4, 0.5) is 10.1 Å². The number of pyridine rings is 1. The van der Waals surface area contributed by atoms with Crippen molar-refractivity contribution in [1.29, 1.82) is 0 Å². The monoisotopic (exact) mass is 552 g/mol. The lowest BCUT2D eigenvalue weighted by atomic mass is 10.1. The van der Waals surface area contributed by atoms with Crippen LogP contribution in [0, 0.1) is 5.82 Å². The van der Waals surface area contributed by atoms with Crippen LogP contribution in [0.15, 0.2) is 83.9 Å². The Morgan fingerprint density at radius 3 is 2.58 bits per heavy atom. The smallest absolute Gasteiger partial charge is 0.264 e. The van der Waals surface area contributed by atoms with Crippen LogP contribution in [0.5, 0.6) is 0 Å². The molecule has 1 saturated heterocycles. The van der Waals surface area contributed by atoms with E-state index in [1.54, 1.807) is 53.6 Å². The van der Waals surface area contributed by atoms with Crippen molar-refractivity contribution >= 4 is 44.1 Å². The Kier molecular flexibility index (Phi) is 7.34. The molecule has 0 spiro atoms. The zero-order chi connectivity index (χ0) is 26.9. The lowest BCUT2D eigenvalue weighted by Crippen LogP contribution is -2.53. The quantitative estimate of drug-likeness (QED) is 0.357. The molecular formula is C28H26ClFN4O3S. The molecule has 0 unspecified atom stereocenters. The second-order valence-electron chi connectivity index (χ2n) is 9.34. The first kappa shape index (κ1) is 26.1. The van der Waals surface area contributed by atoms with Crippen LogP contribution in [0.2, 0.25) is 5.02 Å². The van der Waals surface area contributed by atoms with Crippen molar-refractivity contribution in [3.8, 4) is 0 Å². The minimum Gasteiger partial charge on any atom is -0.333 e. The molecule has 1 fully saturated rings. The molecule has 38 heavy (non-hydrogen) atoms. The van der Waals surface area contributed by atoms with E-state index in [9.17, 15) is 17.6 Å². The third-order valence-corrected chi connectivity index (χ3v) is 8.35. The van der Waals surface area contributed by atoms with E-state index in [4.69, 9.17) is 11.6 Å². The maximum Gasteiger partial charge on any atom is 0.264 e. The number of piperazine rings is 1. The number of fused-ring (bicyclic) bond motifs is 1. The van der Waals surface area contributed by atoms with E-state index in [2.05, 4.69) is 14.6 Å². The average Bonchev–Trinajstić information content (AvgIpc) is 2.89. The number of nitrogens with one attached hydrogen (secondary N) is 1. The second-order valence-corrected chi connectivity index (χ2v) is 11.4. The lowest BCUT2D eigenvalue weighted by molar-refractivity contribution is 0.0475. The third-order valence-electron chi connectivity index (χ3n) is 6.63. The van der Waals surface area contributed by atoms with E-state index in [1.165, 1.54) is 30.3 Å². The zero-order valence-electron chi connectivity index (χ0n) is 20.6. The molecule has 0 bridgehead atoms. The van der Waals surface area contributed by atoms with Crippen LogP contribution >= 0.6 is 11.6 Å². The van der Waals surface area contributed by atoms with Crippen molar-refractivity contribution in [3.63, 3.8) is 0 Å². The van der Waals surface area contributed by atoms with Crippen LogP contribution in [-0.2, 0) is 16.6 Å². The molecule has 4 aromatic rings. The Balaban J connectivity index is 1.28. The molecule has 1 aliphatic heterocycles. The van der Waals surface area contributed by atoms with Crippen LogP contribution in [-0.4, -0.2) is 54.8 Å². The van der Waals surface area contributed by atoms with Gasteiger partial charge in [-0.3, -0.25) is 19.4 Å². The van der Waals surface area contributed by atoms with Crippen molar-refractivity contribution < 1.29 is 17.6 Å². The summed E-state index contributed by atoms with van der Waals surface area (Å²) in [6.07, 6.45) is 1.54. The van der Waals surface area contributed by atoms with E-state index in [0.29, 0.717) is 42.6 Å². The molecule has 0 aliphatic carbocycles. The van der Waals surface area contributed by atoms with Gasteiger partial charge in [0.1, 0.15) is 10.7 Å². The Bertz CT molecular complexity index is 1590. The number of nitrogens with zero attached hydrogens (tertiary/aromatic N) is 3. The number of halogens is 2. The fourth-order valence-electron chi connectivity index (χ4n) is 4.74. The minimum absolute atomic E-state index is 0.0548. The highest BCUT2D eigenvalue weighted by Gasteiger charge is 2.29. The van der Waals surface area contributed by atoms with Crippen molar-refractivity contribution in [3.05, 3.63) is 101 Å². The van der Waals surface area contributed by atoms with Gasteiger partial charge in [-0.05, 0) is 55.0 Å². The topological polar surface area (TPSA) is 82.6 Å². The van der Waals surface area contributed by atoms with Gasteiger partial charge in [0.25, 0.3) is 15.9 Å². The maximum atomic E-state index is 13.3. The summed E-state index contributed by atoms with van der Waals surface area (Å²) in [6.45, 7) is 4.50. The standard InChI is InChI=1S/C28H26ClFN4O3S/c1-19-17-33(18-20-7-9-22(30)10-8-20)14-15-34(19)28(35)24-12-11-23(16-25(24)29)32-38(36,37)26-6-2-4-21-5-3-13-31-27(21)26/h2-13,16,19,32H,14-15,17-18H2,1H3/t19-/m0/s1. The van der Waals surface area contributed by atoms with Crippen molar-refractivity contribution in [2.45, 2.75) is 24.4 Å². The van der Waals surface area contributed by atoms with Crippen molar-refractivity contribution in [1.82, 2.24) is 14.8 Å². The first-order valence-electron chi connectivity index (χ1n) is 12.2.